The molecule has 0 amide bonds. The molecule has 0 bridgehead atoms. The van der Waals surface area contributed by atoms with Gasteiger partial charge in [-0.15, -0.1) is 0 Å². The van der Waals surface area contributed by atoms with Crippen molar-refractivity contribution in [3.63, 3.8) is 0 Å². The van der Waals surface area contributed by atoms with Gasteiger partial charge in [0.1, 0.15) is 11.6 Å². The van der Waals surface area contributed by atoms with E-state index in [1.165, 1.54) is 18.2 Å². The molecule has 0 fully saturated rings. The summed E-state index contributed by atoms with van der Waals surface area (Å²) in [4.78, 5) is 11.1. The van der Waals surface area contributed by atoms with E-state index in [0.717, 1.165) is 23.2 Å². The topological polar surface area (TPSA) is 55.0 Å². The molecule has 4 nitrogen and oxygen atoms in total. The van der Waals surface area contributed by atoms with E-state index in [1.54, 1.807) is 6.20 Å². The molecular formula is C20H18F2N4. The maximum atomic E-state index is 13.9. The van der Waals surface area contributed by atoms with Gasteiger partial charge in [-0.3, -0.25) is 4.90 Å². The molecule has 0 saturated carbocycles. The third kappa shape index (κ3) is 3.28. The standard InChI is InChI=1S/C20H18F2N4/c21-17-2-1-3-18(22)16(17)12-26-9-8-19-14(11-26)10-24-20(25-19)13-4-6-15(23)7-5-13/h1-7,10H,8-9,11-12,23H2. The third-order valence-electron chi connectivity index (χ3n) is 4.63. The average Bonchev–Trinajstić information content (AvgIpc) is 2.65. The molecule has 0 unspecified atom stereocenters. The minimum absolute atomic E-state index is 0.107. The number of hydrogen-bond donors (Lipinski definition) is 1. The van der Waals surface area contributed by atoms with Crippen molar-refractivity contribution >= 4 is 5.69 Å². The molecule has 1 aliphatic heterocycles. The lowest BCUT2D eigenvalue weighted by Crippen LogP contribution is -2.31. The Morgan fingerprint density at radius 1 is 1.04 bits per heavy atom. The van der Waals surface area contributed by atoms with E-state index in [2.05, 4.69) is 9.97 Å². The highest BCUT2D eigenvalue weighted by atomic mass is 19.1. The first-order chi connectivity index (χ1) is 12.6. The first-order valence-electron chi connectivity index (χ1n) is 8.46. The summed E-state index contributed by atoms with van der Waals surface area (Å²) in [6.07, 6.45) is 2.52. The van der Waals surface area contributed by atoms with E-state index in [9.17, 15) is 8.78 Å². The van der Waals surface area contributed by atoms with E-state index in [0.29, 0.717) is 24.6 Å². The Morgan fingerprint density at radius 3 is 2.50 bits per heavy atom. The zero-order valence-electron chi connectivity index (χ0n) is 14.1. The summed E-state index contributed by atoms with van der Waals surface area (Å²) in [5.41, 5.74) is 9.41. The fourth-order valence-electron chi connectivity index (χ4n) is 3.19. The molecule has 0 saturated heterocycles. The van der Waals surface area contributed by atoms with Gasteiger partial charge in [-0.2, -0.15) is 0 Å². The Hall–Kier alpha value is -2.86. The number of anilines is 1. The van der Waals surface area contributed by atoms with Crippen LogP contribution in [0.25, 0.3) is 11.4 Å². The minimum atomic E-state index is -0.509. The van der Waals surface area contributed by atoms with Gasteiger partial charge in [-0.1, -0.05) is 6.07 Å². The van der Waals surface area contributed by atoms with Crippen LogP contribution in [0.5, 0.6) is 0 Å². The molecule has 2 aromatic carbocycles. The molecule has 1 aromatic heterocycles. The molecule has 26 heavy (non-hydrogen) atoms. The lowest BCUT2D eigenvalue weighted by molar-refractivity contribution is 0.236. The van der Waals surface area contributed by atoms with Crippen LogP contribution in [-0.4, -0.2) is 21.4 Å². The predicted octanol–water partition coefficient (Wildman–Crippen LogP) is 3.56. The van der Waals surface area contributed by atoms with Crippen LogP contribution in [0.15, 0.2) is 48.7 Å². The molecule has 0 radical (unpaired) electrons. The lowest BCUT2D eigenvalue weighted by Gasteiger charge is -2.28. The fraction of sp³-hybridized carbons (Fsp3) is 0.200. The number of halogens is 2. The average molecular weight is 352 g/mol. The maximum Gasteiger partial charge on any atom is 0.159 e. The number of rotatable bonds is 3. The van der Waals surface area contributed by atoms with E-state index in [1.807, 2.05) is 29.2 Å². The monoisotopic (exact) mass is 352 g/mol. The van der Waals surface area contributed by atoms with Gasteiger partial charge in [0.2, 0.25) is 0 Å². The van der Waals surface area contributed by atoms with Crippen molar-refractivity contribution in [1.82, 2.24) is 14.9 Å². The Kier molecular flexibility index (Phi) is 4.34. The van der Waals surface area contributed by atoms with E-state index >= 15 is 0 Å². The molecule has 0 aliphatic carbocycles. The molecule has 4 rings (SSSR count). The Morgan fingerprint density at radius 2 is 1.77 bits per heavy atom. The number of aromatic nitrogens is 2. The summed E-state index contributed by atoms with van der Waals surface area (Å²) < 4.78 is 27.7. The highest BCUT2D eigenvalue weighted by Gasteiger charge is 2.21. The fourth-order valence-corrected chi connectivity index (χ4v) is 3.19. The molecule has 0 spiro atoms. The third-order valence-corrected chi connectivity index (χ3v) is 4.63. The van der Waals surface area contributed by atoms with Crippen molar-refractivity contribution < 1.29 is 8.78 Å². The van der Waals surface area contributed by atoms with Crippen molar-refractivity contribution in [2.75, 3.05) is 12.3 Å². The van der Waals surface area contributed by atoms with Gasteiger partial charge in [0, 0.05) is 54.6 Å². The predicted molar refractivity (Wildman–Crippen MR) is 96.1 cm³/mol. The van der Waals surface area contributed by atoms with Crippen LogP contribution in [-0.2, 0) is 19.5 Å². The van der Waals surface area contributed by atoms with Gasteiger partial charge >= 0.3 is 0 Å². The second-order valence-electron chi connectivity index (χ2n) is 6.45. The van der Waals surface area contributed by atoms with Crippen molar-refractivity contribution in [3.8, 4) is 11.4 Å². The summed E-state index contributed by atoms with van der Waals surface area (Å²) in [6, 6.07) is 11.4. The Bertz CT molecular complexity index is 921. The van der Waals surface area contributed by atoms with Crippen molar-refractivity contribution in [3.05, 3.63) is 77.1 Å². The summed E-state index contributed by atoms with van der Waals surface area (Å²) >= 11 is 0. The number of hydrogen-bond acceptors (Lipinski definition) is 4. The summed E-state index contributed by atoms with van der Waals surface area (Å²) in [6.45, 7) is 1.50. The maximum absolute atomic E-state index is 13.9. The van der Waals surface area contributed by atoms with Crippen LogP contribution >= 0.6 is 0 Å². The van der Waals surface area contributed by atoms with Gasteiger partial charge in [0.25, 0.3) is 0 Å². The van der Waals surface area contributed by atoms with Crippen molar-refractivity contribution in [2.45, 2.75) is 19.5 Å². The first kappa shape index (κ1) is 16.6. The zero-order valence-corrected chi connectivity index (χ0v) is 14.1. The second-order valence-corrected chi connectivity index (χ2v) is 6.45. The Balaban J connectivity index is 1.54. The molecule has 2 heterocycles. The van der Waals surface area contributed by atoms with Crippen LogP contribution in [0.4, 0.5) is 14.5 Å². The molecule has 1 aliphatic rings. The first-order valence-corrected chi connectivity index (χ1v) is 8.46. The van der Waals surface area contributed by atoms with Crippen LogP contribution in [0.3, 0.4) is 0 Å². The molecule has 6 heteroatoms. The van der Waals surface area contributed by atoms with Crippen LogP contribution < -0.4 is 5.73 Å². The minimum Gasteiger partial charge on any atom is -0.399 e. The highest BCUT2D eigenvalue weighted by Crippen LogP contribution is 2.24. The SMILES string of the molecule is Nc1ccc(-c2ncc3c(n2)CCN(Cc2c(F)cccc2F)C3)cc1. The highest BCUT2D eigenvalue weighted by molar-refractivity contribution is 5.58. The number of nitrogens with zero attached hydrogens (tertiary/aromatic N) is 3. The lowest BCUT2D eigenvalue weighted by atomic mass is 10.1. The molecule has 3 aromatic rings. The zero-order chi connectivity index (χ0) is 18.1. The normalized spacial score (nSPS) is 14.2. The quantitative estimate of drug-likeness (QED) is 0.733. The van der Waals surface area contributed by atoms with Gasteiger partial charge in [0.05, 0.1) is 5.69 Å². The Labute approximate surface area is 150 Å². The number of fused-ring (bicyclic) bond motifs is 1. The molecular weight excluding hydrogens is 334 g/mol. The van der Waals surface area contributed by atoms with Crippen molar-refractivity contribution in [2.24, 2.45) is 0 Å². The smallest absolute Gasteiger partial charge is 0.159 e. The molecule has 132 valence electrons. The summed E-state index contributed by atoms with van der Waals surface area (Å²) in [7, 11) is 0. The van der Waals surface area contributed by atoms with E-state index in [-0.39, 0.29) is 12.1 Å². The van der Waals surface area contributed by atoms with Gasteiger partial charge in [-0.05, 0) is 36.4 Å². The molecule has 2 N–H and O–H groups in total. The largest absolute Gasteiger partial charge is 0.399 e. The van der Waals surface area contributed by atoms with E-state index < -0.39 is 11.6 Å². The number of nitrogen functional groups attached to an aromatic ring is 1. The summed E-state index contributed by atoms with van der Waals surface area (Å²) in [5.74, 6) is -0.353. The number of nitrogens with two attached hydrogens (primary N) is 1. The van der Waals surface area contributed by atoms with Gasteiger partial charge in [-0.25, -0.2) is 18.7 Å². The van der Waals surface area contributed by atoms with Gasteiger partial charge < -0.3 is 5.73 Å². The van der Waals surface area contributed by atoms with Crippen molar-refractivity contribution in [1.29, 1.82) is 0 Å². The molecule has 0 atom stereocenters. The van der Waals surface area contributed by atoms with Crippen LogP contribution in [0.1, 0.15) is 16.8 Å². The van der Waals surface area contributed by atoms with E-state index in [4.69, 9.17) is 5.73 Å². The van der Waals surface area contributed by atoms with Gasteiger partial charge in [0.15, 0.2) is 5.82 Å². The van der Waals surface area contributed by atoms with Crippen LogP contribution in [0.2, 0.25) is 0 Å². The number of benzene rings is 2. The summed E-state index contributed by atoms with van der Waals surface area (Å²) in [5, 5.41) is 0. The van der Waals surface area contributed by atoms with Crippen LogP contribution in [0, 0.1) is 11.6 Å². The second kappa shape index (κ2) is 6.80.